The molecule has 0 aliphatic heterocycles. The maximum atomic E-state index is 10.8. The van der Waals surface area contributed by atoms with Gasteiger partial charge in [-0.15, -0.1) is 0 Å². The number of hydrogen-bond donors (Lipinski definition) is 2. The summed E-state index contributed by atoms with van der Waals surface area (Å²) in [4.78, 5) is 10.8. The minimum absolute atomic E-state index is 0.186. The predicted octanol–water partition coefficient (Wildman–Crippen LogP) is 2.03. The second-order valence-corrected chi connectivity index (χ2v) is 3.88. The Balaban J connectivity index is 2.62. The zero-order valence-corrected chi connectivity index (χ0v) is 9.66. The topological polar surface area (TPSA) is 40.5 Å². The van der Waals surface area contributed by atoms with Gasteiger partial charge in [-0.3, -0.25) is 4.79 Å². The van der Waals surface area contributed by atoms with Crippen molar-refractivity contribution < 1.29 is 9.90 Å². The fourth-order valence-corrected chi connectivity index (χ4v) is 1.89. The van der Waals surface area contributed by atoms with Crippen molar-refractivity contribution in [3.63, 3.8) is 0 Å². The number of nitrogens with zero attached hydrogens (tertiary/aromatic N) is 1. The fraction of sp³-hybridized carbons (Fsp3) is 0.300. The molecule has 1 aromatic rings. The molecule has 1 N–H and O–H groups in total. The van der Waals surface area contributed by atoms with Gasteiger partial charge in [-0.2, -0.15) is 12.6 Å². The Morgan fingerprint density at radius 3 is 2.53 bits per heavy atom. The normalized spacial score (nSPS) is 12.7. The van der Waals surface area contributed by atoms with Crippen molar-refractivity contribution in [3.8, 4) is 0 Å². The third kappa shape index (κ3) is 3.74. The average Bonchev–Trinajstić information content (AvgIpc) is 2.19. The third-order valence-corrected chi connectivity index (χ3v) is 2.67. The van der Waals surface area contributed by atoms with Crippen LogP contribution in [0, 0.1) is 0 Å². The van der Waals surface area contributed by atoms with E-state index in [0.29, 0.717) is 6.54 Å². The molecule has 0 aliphatic carbocycles. The first-order valence-electron chi connectivity index (χ1n) is 4.45. The summed E-state index contributed by atoms with van der Waals surface area (Å²) >= 11 is 9.83. The van der Waals surface area contributed by atoms with Crippen LogP contribution in [0.15, 0.2) is 30.3 Å². The van der Waals surface area contributed by atoms with Gasteiger partial charge in [0.25, 0.3) is 0 Å². The van der Waals surface area contributed by atoms with Gasteiger partial charge in [0, 0.05) is 12.3 Å². The lowest BCUT2D eigenvalue weighted by Gasteiger charge is -2.19. The first-order valence-corrected chi connectivity index (χ1v) is 5.42. The Hall–Kier alpha value is -0.710. The largest absolute Gasteiger partial charge is 0.480 e. The molecule has 1 atom stereocenters. The highest BCUT2D eigenvalue weighted by molar-refractivity contribution is 7.80. The summed E-state index contributed by atoms with van der Waals surface area (Å²) in [5.41, 5.74) is 0.973. The van der Waals surface area contributed by atoms with Crippen molar-refractivity contribution in [3.05, 3.63) is 35.9 Å². The van der Waals surface area contributed by atoms with Crippen LogP contribution in [0.4, 0.5) is 0 Å². The van der Waals surface area contributed by atoms with E-state index in [1.165, 1.54) is 4.42 Å². The standard InChI is InChI=1S/C10H12ClNO2S/c11-12(9(7-15)10(13)14)6-8-4-2-1-3-5-8/h1-5,9,15H,6-7H2,(H,13,14)/t9-/m0/s1. The number of thiol groups is 1. The van der Waals surface area contributed by atoms with Gasteiger partial charge in [-0.1, -0.05) is 30.3 Å². The van der Waals surface area contributed by atoms with E-state index in [1.54, 1.807) is 0 Å². The zero-order valence-electron chi connectivity index (χ0n) is 8.01. The summed E-state index contributed by atoms with van der Waals surface area (Å²) < 4.78 is 1.25. The third-order valence-electron chi connectivity index (χ3n) is 1.97. The molecule has 0 saturated carbocycles. The Labute approximate surface area is 99.2 Å². The molecule has 0 aliphatic rings. The van der Waals surface area contributed by atoms with Crippen LogP contribution >= 0.6 is 24.4 Å². The number of hydrogen-bond acceptors (Lipinski definition) is 3. The first kappa shape index (κ1) is 12.4. The quantitative estimate of drug-likeness (QED) is 0.616. The SMILES string of the molecule is O=C(O)[C@H](CS)N(Cl)Cc1ccccc1. The minimum Gasteiger partial charge on any atom is -0.480 e. The molecule has 5 heteroatoms. The highest BCUT2D eigenvalue weighted by atomic mass is 35.5. The Kier molecular flexibility index (Phi) is 4.94. The molecular weight excluding hydrogens is 234 g/mol. The van der Waals surface area contributed by atoms with E-state index in [2.05, 4.69) is 12.6 Å². The molecule has 0 spiro atoms. The highest BCUT2D eigenvalue weighted by Crippen LogP contribution is 2.12. The van der Waals surface area contributed by atoms with Crippen LogP contribution in [-0.4, -0.2) is 27.3 Å². The lowest BCUT2D eigenvalue weighted by atomic mass is 10.2. The van der Waals surface area contributed by atoms with Crippen LogP contribution in [0.3, 0.4) is 0 Å². The van der Waals surface area contributed by atoms with E-state index in [0.717, 1.165) is 5.56 Å². The van der Waals surface area contributed by atoms with Crippen molar-refractivity contribution in [2.45, 2.75) is 12.6 Å². The van der Waals surface area contributed by atoms with Crippen molar-refractivity contribution in [2.75, 3.05) is 5.75 Å². The van der Waals surface area contributed by atoms with Gasteiger partial charge in [0.2, 0.25) is 0 Å². The minimum atomic E-state index is -0.962. The van der Waals surface area contributed by atoms with Gasteiger partial charge in [0.05, 0.1) is 0 Å². The lowest BCUT2D eigenvalue weighted by Crippen LogP contribution is -2.36. The molecule has 82 valence electrons. The monoisotopic (exact) mass is 245 g/mol. The van der Waals surface area contributed by atoms with Crippen LogP contribution < -0.4 is 0 Å². The van der Waals surface area contributed by atoms with Gasteiger partial charge in [0.1, 0.15) is 6.04 Å². The van der Waals surface area contributed by atoms with Crippen molar-refractivity contribution in [1.29, 1.82) is 0 Å². The van der Waals surface area contributed by atoms with Gasteiger partial charge in [-0.25, -0.2) is 4.42 Å². The van der Waals surface area contributed by atoms with Crippen LogP contribution in [0.2, 0.25) is 0 Å². The first-order chi connectivity index (χ1) is 7.15. The van der Waals surface area contributed by atoms with E-state index < -0.39 is 12.0 Å². The molecule has 0 radical (unpaired) electrons. The molecule has 0 unspecified atom stereocenters. The van der Waals surface area contributed by atoms with Crippen LogP contribution in [0.1, 0.15) is 5.56 Å². The number of aliphatic carboxylic acids is 1. The molecule has 1 aromatic carbocycles. The number of rotatable bonds is 5. The van der Waals surface area contributed by atoms with Crippen LogP contribution in [0.5, 0.6) is 0 Å². The summed E-state index contributed by atoms with van der Waals surface area (Å²) in [6.07, 6.45) is 0. The second kappa shape index (κ2) is 6.00. The fourth-order valence-electron chi connectivity index (χ4n) is 1.15. The molecule has 0 bridgehead atoms. The van der Waals surface area contributed by atoms with Crippen molar-refractivity contribution >= 4 is 30.4 Å². The van der Waals surface area contributed by atoms with E-state index in [4.69, 9.17) is 16.9 Å². The molecule has 3 nitrogen and oxygen atoms in total. The predicted molar refractivity (Wildman–Crippen MR) is 63.1 cm³/mol. The summed E-state index contributed by atoms with van der Waals surface area (Å²) in [5.74, 6) is -0.776. The maximum Gasteiger partial charge on any atom is 0.323 e. The Morgan fingerprint density at radius 2 is 2.07 bits per heavy atom. The maximum absolute atomic E-state index is 10.8. The average molecular weight is 246 g/mol. The summed E-state index contributed by atoms with van der Waals surface area (Å²) in [5, 5.41) is 8.85. The van der Waals surface area contributed by atoms with Crippen molar-refractivity contribution in [1.82, 2.24) is 4.42 Å². The van der Waals surface area contributed by atoms with Gasteiger partial charge < -0.3 is 5.11 Å². The van der Waals surface area contributed by atoms with E-state index in [1.807, 2.05) is 30.3 Å². The van der Waals surface area contributed by atoms with Crippen LogP contribution in [-0.2, 0) is 11.3 Å². The highest BCUT2D eigenvalue weighted by Gasteiger charge is 2.22. The summed E-state index contributed by atoms with van der Waals surface area (Å²) in [6.45, 7) is 0.389. The van der Waals surface area contributed by atoms with Gasteiger partial charge in [-0.05, 0) is 17.3 Å². The Morgan fingerprint density at radius 1 is 1.47 bits per heavy atom. The van der Waals surface area contributed by atoms with E-state index in [9.17, 15) is 4.79 Å². The smallest absolute Gasteiger partial charge is 0.323 e. The van der Waals surface area contributed by atoms with Crippen LogP contribution in [0.25, 0.3) is 0 Å². The molecule has 1 rings (SSSR count). The number of carboxylic acid groups (broad SMARTS) is 1. The molecule has 0 saturated heterocycles. The number of carboxylic acids is 1. The molecule has 0 amide bonds. The molecule has 0 heterocycles. The number of benzene rings is 1. The summed E-state index contributed by atoms with van der Waals surface area (Å²) in [6, 6.07) is 8.69. The molecule has 15 heavy (non-hydrogen) atoms. The summed E-state index contributed by atoms with van der Waals surface area (Å²) in [7, 11) is 0. The van der Waals surface area contributed by atoms with Gasteiger partial charge in [0.15, 0.2) is 0 Å². The second-order valence-electron chi connectivity index (χ2n) is 3.08. The number of halogens is 1. The Bertz CT molecular complexity index is 320. The molecule has 0 aromatic heterocycles. The van der Waals surface area contributed by atoms with Gasteiger partial charge >= 0.3 is 5.97 Å². The lowest BCUT2D eigenvalue weighted by molar-refractivity contribution is -0.140. The zero-order chi connectivity index (χ0) is 11.3. The van der Waals surface area contributed by atoms with E-state index >= 15 is 0 Å². The number of carbonyl (C=O) groups is 1. The van der Waals surface area contributed by atoms with E-state index in [-0.39, 0.29) is 5.75 Å². The van der Waals surface area contributed by atoms with Crippen molar-refractivity contribution in [2.24, 2.45) is 0 Å². The molecular formula is C10H12ClNO2S. The molecule has 0 fully saturated rings.